The maximum atomic E-state index is 6.53. The van der Waals surface area contributed by atoms with E-state index in [1.54, 1.807) is 0 Å². The van der Waals surface area contributed by atoms with E-state index in [2.05, 4.69) is 81.1 Å². The van der Waals surface area contributed by atoms with Gasteiger partial charge in [0, 0.05) is 52.4 Å². The van der Waals surface area contributed by atoms with E-state index >= 15 is 0 Å². The zero-order chi connectivity index (χ0) is 29.1. The van der Waals surface area contributed by atoms with Gasteiger partial charge in [-0.3, -0.25) is 0 Å². The lowest BCUT2D eigenvalue weighted by atomic mass is 10.1. The number of anilines is 2. The van der Waals surface area contributed by atoms with E-state index in [0.717, 1.165) is 114 Å². The fourth-order valence-corrected chi connectivity index (χ4v) is 5.69. The van der Waals surface area contributed by atoms with Gasteiger partial charge in [-0.25, -0.2) is 19.9 Å². The van der Waals surface area contributed by atoms with E-state index < -0.39 is 0 Å². The van der Waals surface area contributed by atoms with Gasteiger partial charge in [0.15, 0.2) is 11.6 Å². The summed E-state index contributed by atoms with van der Waals surface area (Å²) in [5.41, 5.74) is 4.67. The van der Waals surface area contributed by atoms with E-state index in [0.29, 0.717) is 11.8 Å². The molecule has 2 fully saturated rings. The molecule has 0 bridgehead atoms. The van der Waals surface area contributed by atoms with Gasteiger partial charge in [-0.05, 0) is 49.7 Å². The molecule has 0 saturated carbocycles. The topological polar surface area (TPSA) is 91.3 Å². The van der Waals surface area contributed by atoms with Gasteiger partial charge in [-0.1, -0.05) is 60.7 Å². The SMILES string of the molecule is c1ccc(CCCc2cnc(Oc3ncc(CCCc4ccccc4)nc3N3CCNCC3)c(N3CCNCC3)n2)cc1. The van der Waals surface area contributed by atoms with Crippen molar-refractivity contribution in [1.82, 2.24) is 30.6 Å². The van der Waals surface area contributed by atoms with Gasteiger partial charge in [0.1, 0.15) is 0 Å². The van der Waals surface area contributed by atoms with Gasteiger partial charge in [-0.2, -0.15) is 0 Å². The number of nitrogens with one attached hydrogen (secondary N) is 2. The Morgan fingerprint density at radius 1 is 0.558 bits per heavy atom. The Morgan fingerprint density at radius 3 is 1.40 bits per heavy atom. The van der Waals surface area contributed by atoms with Crippen molar-refractivity contribution in [1.29, 1.82) is 0 Å². The number of benzene rings is 2. The summed E-state index contributed by atoms with van der Waals surface area (Å²) < 4.78 is 6.53. The first-order valence-electron chi connectivity index (χ1n) is 15.7. The minimum atomic E-state index is 0.497. The van der Waals surface area contributed by atoms with Crippen molar-refractivity contribution >= 4 is 11.6 Å². The summed E-state index contributed by atoms with van der Waals surface area (Å²) in [4.78, 5) is 24.4. The number of ether oxygens (including phenoxy) is 1. The summed E-state index contributed by atoms with van der Waals surface area (Å²) in [6.45, 7) is 7.05. The maximum Gasteiger partial charge on any atom is 0.264 e. The number of nitrogens with zero attached hydrogens (tertiary/aromatic N) is 6. The van der Waals surface area contributed by atoms with Gasteiger partial charge in [0.2, 0.25) is 0 Å². The average Bonchev–Trinajstić information content (AvgIpc) is 3.08. The van der Waals surface area contributed by atoms with Crippen LogP contribution in [-0.2, 0) is 25.7 Å². The van der Waals surface area contributed by atoms with Crippen molar-refractivity contribution in [3.63, 3.8) is 0 Å². The first-order chi connectivity index (χ1) is 21.3. The van der Waals surface area contributed by atoms with Gasteiger partial charge in [-0.15, -0.1) is 0 Å². The summed E-state index contributed by atoms with van der Waals surface area (Å²) in [5.74, 6) is 2.57. The van der Waals surface area contributed by atoms with E-state index in [1.807, 2.05) is 12.4 Å². The Kier molecular flexibility index (Phi) is 10.0. The van der Waals surface area contributed by atoms with Crippen LogP contribution in [-0.4, -0.2) is 72.3 Å². The molecular formula is C34H42N8O. The van der Waals surface area contributed by atoms with Crippen LogP contribution in [0, 0.1) is 0 Å². The van der Waals surface area contributed by atoms with Gasteiger partial charge < -0.3 is 25.2 Å². The lowest BCUT2D eigenvalue weighted by Gasteiger charge is -2.31. The van der Waals surface area contributed by atoms with Gasteiger partial charge >= 0.3 is 0 Å². The number of hydrogen-bond donors (Lipinski definition) is 2. The smallest absolute Gasteiger partial charge is 0.264 e. The third kappa shape index (κ3) is 8.06. The number of aryl methyl sites for hydroxylation is 4. The zero-order valence-corrected chi connectivity index (χ0v) is 24.9. The third-order valence-corrected chi connectivity index (χ3v) is 8.05. The minimum absolute atomic E-state index is 0.497. The molecular weight excluding hydrogens is 536 g/mol. The molecule has 2 aliphatic rings. The predicted molar refractivity (Wildman–Crippen MR) is 171 cm³/mol. The number of rotatable bonds is 12. The number of piperazine rings is 2. The molecule has 224 valence electrons. The summed E-state index contributed by atoms with van der Waals surface area (Å²) in [6, 6.07) is 21.2. The second-order valence-corrected chi connectivity index (χ2v) is 11.2. The number of aromatic nitrogens is 4. The van der Waals surface area contributed by atoms with Crippen LogP contribution in [0.2, 0.25) is 0 Å². The molecule has 4 heterocycles. The van der Waals surface area contributed by atoms with Crippen molar-refractivity contribution in [2.75, 3.05) is 62.2 Å². The molecule has 0 spiro atoms. The molecule has 9 nitrogen and oxygen atoms in total. The molecule has 0 radical (unpaired) electrons. The van der Waals surface area contributed by atoms with Crippen LogP contribution in [0.5, 0.6) is 11.8 Å². The van der Waals surface area contributed by atoms with Crippen LogP contribution in [0.4, 0.5) is 11.6 Å². The summed E-state index contributed by atoms with van der Waals surface area (Å²) in [6.07, 6.45) is 9.53. The van der Waals surface area contributed by atoms with Crippen LogP contribution in [0.25, 0.3) is 0 Å². The zero-order valence-electron chi connectivity index (χ0n) is 24.9. The van der Waals surface area contributed by atoms with Crippen LogP contribution in [0.15, 0.2) is 73.1 Å². The highest BCUT2D eigenvalue weighted by atomic mass is 16.5. The molecule has 0 unspecified atom stereocenters. The summed E-state index contributed by atoms with van der Waals surface area (Å²) in [7, 11) is 0. The fourth-order valence-electron chi connectivity index (χ4n) is 5.69. The second kappa shape index (κ2) is 14.9. The Morgan fingerprint density at radius 2 is 0.977 bits per heavy atom. The Balaban J connectivity index is 1.21. The quantitative estimate of drug-likeness (QED) is 0.256. The Labute approximate surface area is 254 Å². The van der Waals surface area contributed by atoms with Gasteiger partial charge in [0.25, 0.3) is 11.8 Å². The number of hydrogen-bond acceptors (Lipinski definition) is 9. The van der Waals surface area contributed by atoms with Crippen molar-refractivity contribution in [2.45, 2.75) is 38.5 Å². The van der Waals surface area contributed by atoms with Crippen molar-refractivity contribution < 1.29 is 4.74 Å². The molecule has 4 aromatic rings. The lowest BCUT2D eigenvalue weighted by molar-refractivity contribution is 0.431. The standard InChI is InChI=1S/C34H42N8O/c1-3-9-27(10-4-1)13-7-15-29-25-37-33(31(39-29)41-21-17-35-18-22-41)43-34-32(42-23-19-36-20-24-42)40-30(26-38-34)16-8-14-28-11-5-2-6-12-28/h1-6,9-12,25-26,35-36H,7-8,13-24H2. The largest absolute Gasteiger partial charge is 0.413 e. The molecule has 0 atom stereocenters. The lowest BCUT2D eigenvalue weighted by Crippen LogP contribution is -2.44. The minimum Gasteiger partial charge on any atom is -0.413 e. The van der Waals surface area contributed by atoms with Crippen LogP contribution < -0.4 is 25.2 Å². The van der Waals surface area contributed by atoms with Gasteiger partial charge in [0.05, 0.1) is 23.8 Å². The molecule has 9 heteroatoms. The van der Waals surface area contributed by atoms with E-state index in [-0.39, 0.29) is 0 Å². The molecule has 2 aliphatic heterocycles. The van der Waals surface area contributed by atoms with Crippen molar-refractivity contribution in [2.24, 2.45) is 0 Å². The first-order valence-corrected chi connectivity index (χ1v) is 15.7. The van der Waals surface area contributed by atoms with E-state index in [4.69, 9.17) is 24.7 Å². The summed E-state index contributed by atoms with van der Waals surface area (Å²) in [5, 5.41) is 6.88. The van der Waals surface area contributed by atoms with Crippen molar-refractivity contribution in [3.8, 4) is 11.8 Å². The Bertz CT molecular complexity index is 1310. The highest BCUT2D eigenvalue weighted by molar-refractivity contribution is 5.55. The van der Waals surface area contributed by atoms with Crippen LogP contribution in [0.1, 0.15) is 35.4 Å². The van der Waals surface area contributed by atoms with Crippen molar-refractivity contribution in [3.05, 3.63) is 95.6 Å². The fraction of sp³-hybridized carbons (Fsp3) is 0.412. The molecule has 0 amide bonds. The normalized spacial score (nSPS) is 15.4. The first kappa shape index (κ1) is 29.0. The van der Waals surface area contributed by atoms with Crippen LogP contribution >= 0.6 is 0 Å². The van der Waals surface area contributed by atoms with E-state index in [1.165, 1.54) is 11.1 Å². The van der Waals surface area contributed by atoms with E-state index in [9.17, 15) is 0 Å². The molecule has 2 saturated heterocycles. The second-order valence-electron chi connectivity index (χ2n) is 11.2. The average molecular weight is 579 g/mol. The highest BCUT2D eigenvalue weighted by Crippen LogP contribution is 2.33. The third-order valence-electron chi connectivity index (χ3n) is 8.05. The molecule has 6 rings (SSSR count). The highest BCUT2D eigenvalue weighted by Gasteiger charge is 2.24. The molecule has 43 heavy (non-hydrogen) atoms. The summed E-state index contributed by atoms with van der Waals surface area (Å²) >= 11 is 0. The Hall–Kier alpha value is -4.08. The maximum absolute atomic E-state index is 6.53. The molecule has 0 aliphatic carbocycles. The molecule has 2 aromatic carbocycles. The predicted octanol–water partition coefficient (Wildman–Crippen LogP) is 4.23. The molecule has 2 N–H and O–H groups in total. The monoisotopic (exact) mass is 578 g/mol. The van der Waals surface area contributed by atoms with Crippen LogP contribution in [0.3, 0.4) is 0 Å². The molecule has 2 aromatic heterocycles.